The van der Waals surface area contributed by atoms with Gasteiger partial charge in [-0.25, -0.2) is 8.42 Å². The van der Waals surface area contributed by atoms with Crippen molar-refractivity contribution >= 4 is 33.1 Å². The zero-order valence-corrected chi connectivity index (χ0v) is 17.5. The van der Waals surface area contributed by atoms with Crippen LogP contribution in [0.4, 0.5) is 11.4 Å². The lowest BCUT2D eigenvalue weighted by molar-refractivity contribution is -0.116. The van der Waals surface area contributed by atoms with Crippen molar-refractivity contribution in [1.29, 1.82) is 0 Å². The van der Waals surface area contributed by atoms with E-state index < -0.39 is 10.0 Å². The number of Topliss-reactive ketones (excluding diaryl/α,β-unsaturated/α-hetero) is 1. The summed E-state index contributed by atoms with van der Waals surface area (Å²) in [7, 11) is -4.07. The monoisotopic (exact) mass is 432 g/mol. The second-order valence-corrected chi connectivity index (χ2v) is 8.67. The van der Waals surface area contributed by atoms with Crippen LogP contribution in [0.5, 0.6) is 17.2 Å². The first kappa shape index (κ1) is 20.0. The van der Waals surface area contributed by atoms with Crippen LogP contribution in [-0.4, -0.2) is 40.1 Å². The molecule has 0 saturated carbocycles. The molecule has 30 heavy (non-hydrogen) atoms. The Labute approximate surface area is 173 Å². The maximum atomic E-state index is 13.2. The van der Waals surface area contributed by atoms with E-state index in [4.69, 9.17) is 14.2 Å². The first-order chi connectivity index (χ1) is 14.2. The van der Waals surface area contributed by atoms with Gasteiger partial charge in [-0.15, -0.1) is 0 Å². The highest BCUT2D eigenvalue weighted by molar-refractivity contribution is 7.92. The molecule has 0 radical (unpaired) electrons. The number of benzene rings is 2. The highest BCUT2D eigenvalue weighted by Gasteiger charge is 2.28. The molecule has 0 bridgehead atoms. The fourth-order valence-corrected chi connectivity index (χ4v) is 4.80. The maximum absolute atomic E-state index is 13.2. The molecule has 0 aromatic heterocycles. The standard InChI is InChI=1S/C20H20N2O7S/c1-11-6-16-17(27-5-4-22(16)13(3)24)9-20(11)30(25,26)21-15-8-19-18(28-10-29-19)7-14(15)12(2)23/h6-9,21H,4-5,10H2,1-3H3. The summed E-state index contributed by atoms with van der Waals surface area (Å²) < 4.78 is 45.0. The zero-order chi connectivity index (χ0) is 21.6. The molecule has 158 valence electrons. The molecule has 1 N–H and O–H groups in total. The summed E-state index contributed by atoms with van der Waals surface area (Å²) in [5.41, 5.74) is 1.22. The van der Waals surface area contributed by atoms with Crippen LogP contribution in [0.1, 0.15) is 29.8 Å². The fourth-order valence-electron chi connectivity index (χ4n) is 3.48. The highest BCUT2D eigenvalue weighted by Crippen LogP contribution is 2.40. The SMILES string of the molecule is CC(=O)c1cc2c(cc1NS(=O)(=O)c1cc3c(cc1C)N(C(C)=O)CCO3)OCO2. The molecule has 0 spiro atoms. The minimum atomic E-state index is -4.07. The number of ketones is 1. The van der Waals surface area contributed by atoms with Gasteiger partial charge >= 0.3 is 0 Å². The Morgan fingerprint density at radius 1 is 1.00 bits per heavy atom. The van der Waals surface area contributed by atoms with Crippen molar-refractivity contribution in [3.63, 3.8) is 0 Å². The molecular formula is C20H20N2O7S. The first-order valence-electron chi connectivity index (χ1n) is 9.20. The van der Waals surface area contributed by atoms with Crippen molar-refractivity contribution < 1.29 is 32.2 Å². The fraction of sp³-hybridized carbons (Fsp3) is 0.300. The van der Waals surface area contributed by atoms with E-state index in [0.29, 0.717) is 35.0 Å². The van der Waals surface area contributed by atoms with E-state index >= 15 is 0 Å². The summed E-state index contributed by atoms with van der Waals surface area (Å²) in [6.07, 6.45) is 0. The lowest BCUT2D eigenvalue weighted by Gasteiger charge is -2.29. The molecule has 1 amide bonds. The number of amides is 1. The second-order valence-electron chi connectivity index (χ2n) is 7.02. The molecule has 0 aliphatic carbocycles. The van der Waals surface area contributed by atoms with E-state index in [2.05, 4.69) is 4.72 Å². The van der Waals surface area contributed by atoms with Crippen LogP contribution in [-0.2, 0) is 14.8 Å². The number of carbonyl (C=O) groups excluding carboxylic acids is 2. The molecular weight excluding hydrogens is 412 g/mol. The van der Waals surface area contributed by atoms with Gasteiger partial charge in [0.2, 0.25) is 12.7 Å². The van der Waals surface area contributed by atoms with Gasteiger partial charge in [0.25, 0.3) is 10.0 Å². The van der Waals surface area contributed by atoms with Crippen LogP contribution in [0, 0.1) is 6.92 Å². The normalized spacial score (nSPS) is 14.7. The number of nitrogens with zero attached hydrogens (tertiary/aromatic N) is 1. The van der Waals surface area contributed by atoms with E-state index in [0.717, 1.165) is 0 Å². The average Bonchev–Trinajstić information content (AvgIpc) is 3.13. The van der Waals surface area contributed by atoms with Gasteiger partial charge in [0.1, 0.15) is 12.4 Å². The Hall–Kier alpha value is -3.27. The topological polar surface area (TPSA) is 111 Å². The minimum absolute atomic E-state index is 0.00318. The third-order valence-electron chi connectivity index (χ3n) is 4.93. The average molecular weight is 432 g/mol. The Morgan fingerprint density at radius 2 is 1.70 bits per heavy atom. The Bertz CT molecular complexity index is 1170. The number of fused-ring (bicyclic) bond motifs is 2. The van der Waals surface area contributed by atoms with E-state index in [1.165, 1.54) is 32.0 Å². The smallest absolute Gasteiger partial charge is 0.262 e. The van der Waals surface area contributed by atoms with Crippen molar-refractivity contribution in [3.8, 4) is 17.2 Å². The van der Waals surface area contributed by atoms with Gasteiger partial charge in [-0.2, -0.15) is 0 Å². The molecule has 0 fully saturated rings. The van der Waals surface area contributed by atoms with Crippen molar-refractivity contribution in [2.24, 2.45) is 0 Å². The second kappa shape index (κ2) is 7.21. The van der Waals surface area contributed by atoms with Crippen LogP contribution < -0.4 is 23.8 Å². The molecule has 0 unspecified atom stereocenters. The van der Waals surface area contributed by atoms with Gasteiger partial charge in [0, 0.05) is 24.6 Å². The molecule has 0 saturated heterocycles. The predicted octanol–water partition coefficient (Wildman–Crippen LogP) is 2.47. The van der Waals surface area contributed by atoms with Crippen LogP contribution in [0.3, 0.4) is 0 Å². The van der Waals surface area contributed by atoms with Crippen LogP contribution >= 0.6 is 0 Å². The van der Waals surface area contributed by atoms with Gasteiger partial charge in [0.05, 0.1) is 22.8 Å². The third kappa shape index (κ3) is 3.43. The number of anilines is 2. The first-order valence-corrected chi connectivity index (χ1v) is 10.7. The van der Waals surface area contributed by atoms with E-state index in [9.17, 15) is 18.0 Å². The zero-order valence-electron chi connectivity index (χ0n) is 16.6. The summed E-state index contributed by atoms with van der Waals surface area (Å²) in [5.74, 6) is 0.554. The number of hydrogen-bond donors (Lipinski definition) is 1. The van der Waals surface area contributed by atoms with E-state index in [1.807, 2.05) is 0 Å². The quantitative estimate of drug-likeness (QED) is 0.739. The molecule has 9 nitrogen and oxygen atoms in total. The predicted molar refractivity (Wildman–Crippen MR) is 108 cm³/mol. The number of aryl methyl sites for hydroxylation is 1. The number of ether oxygens (including phenoxy) is 3. The van der Waals surface area contributed by atoms with Crippen molar-refractivity contribution in [2.75, 3.05) is 29.6 Å². The molecule has 2 heterocycles. The number of nitrogens with one attached hydrogen (secondary N) is 1. The number of sulfonamides is 1. The Morgan fingerprint density at radius 3 is 2.37 bits per heavy atom. The molecule has 2 aromatic carbocycles. The summed E-state index contributed by atoms with van der Waals surface area (Å²) in [4.78, 5) is 25.5. The molecule has 2 aromatic rings. The minimum Gasteiger partial charge on any atom is -0.489 e. The third-order valence-corrected chi connectivity index (χ3v) is 6.43. The van der Waals surface area contributed by atoms with Gasteiger partial charge in [-0.1, -0.05) is 0 Å². The number of hydrogen-bond acceptors (Lipinski definition) is 7. The van der Waals surface area contributed by atoms with Crippen molar-refractivity contribution in [2.45, 2.75) is 25.7 Å². The molecule has 4 rings (SSSR count). The lowest BCUT2D eigenvalue weighted by atomic mass is 10.1. The summed E-state index contributed by atoms with van der Waals surface area (Å²) in [6, 6.07) is 5.88. The Balaban J connectivity index is 1.75. The van der Waals surface area contributed by atoms with Crippen molar-refractivity contribution in [3.05, 3.63) is 35.4 Å². The lowest BCUT2D eigenvalue weighted by Crippen LogP contribution is -2.36. The molecule has 10 heteroatoms. The number of rotatable bonds is 4. The summed E-state index contributed by atoms with van der Waals surface area (Å²) in [6.45, 7) is 5.07. The molecule has 2 aliphatic rings. The largest absolute Gasteiger partial charge is 0.489 e. The number of carbonyl (C=O) groups is 2. The highest BCUT2D eigenvalue weighted by atomic mass is 32.2. The Kier molecular flexibility index (Phi) is 4.81. The van der Waals surface area contributed by atoms with Crippen molar-refractivity contribution in [1.82, 2.24) is 0 Å². The van der Waals surface area contributed by atoms with Gasteiger partial charge in [0.15, 0.2) is 17.3 Å². The van der Waals surface area contributed by atoms with E-state index in [1.54, 1.807) is 17.9 Å². The molecule has 0 atom stereocenters. The summed E-state index contributed by atoms with van der Waals surface area (Å²) >= 11 is 0. The van der Waals surface area contributed by atoms with Crippen LogP contribution in [0.25, 0.3) is 0 Å². The maximum Gasteiger partial charge on any atom is 0.262 e. The molecule has 2 aliphatic heterocycles. The van der Waals surface area contributed by atoms with Gasteiger partial charge in [-0.3, -0.25) is 14.3 Å². The van der Waals surface area contributed by atoms with E-state index in [-0.39, 0.29) is 41.2 Å². The summed E-state index contributed by atoms with van der Waals surface area (Å²) in [5, 5.41) is 0. The van der Waals surface area contributed by atoms with Crippen LogP contribution in [0.15, 0.2) is 29.2 Å². The van der Waals surface area contributed by atoms with Gasteiger partial charge < -0.3 is 19.1 Å². The van der Waals surface area contributed by atoms with Gasteiger partial charge in [-0.05, 0) is 31.5 Å². The van der Waals surface area contributed by atoms with Crippen LogP contribution in [0.2, 0.25) is 0 Å².